The largest absolute Gasteiger partial charge is 0.439 e. The van der Waals surface area contributed by atoms with Gasteiger partial charge in [0.2, 0.25) is 5.88 Å². The standard InChI is InChI=1S/C19H23NO2/c1-3-5-6-7-15-8-11-17(12-9-15)22-19-13-10-16(14-20-19)18(21)4-2/h8-14H,3-7H2,1-2H3. The predicted octanol–water partition coefficient (Wildman–Crippen LogP) is 5.20. The number of ketones is 1. The fourth-order valence-electron chi connectivity index (χ4n) is 2.23. The van der Waals surface area contributed by atoms with Crippen LogP contribution in [0.4, 0.5) is 0 Å². The van der Waals surface area contributed by atoms with Gasteiger partial charge in [-0.15, -0.1) is 0 Å². The molecule has 0 atom stereocenters. The molecule has 0 saturated heterocycles. The Kier molecular flexibility index (Phi) is 6.13. The first-order valence-corrected chi connectivity index (χ1v) is 7.99. The van der Waals surface area contributed by atoms with Gasteiger partial charge in [0.05, 0.1) is 0 Å². The fraction of sp³-hybridized carbons (Fsp3) is 0.368. The lowest BCUT2D eigenvalue weighted by Crippen LogP contribution is -1.97. The molecule has 0 spiro atoms. The molecule has 0 fully saturated rings. The van der Waals surface area contributed by atoms with E-state index < -0.39 is 0 Å². The van der Waals surface area contributed by atoms with Gasteiger partial charge in [-0.2, -0.15) is 0 Å². The number of carbonyl (C=O) groups excluding carboxylic acids is 1. The van der Waals surface area contributed by atoms with Crippen molar-refractivity contribution in [2.45, 2.75) is 46.0 Å². The third-order valence-corrected chi connectivity index (χ3v) is 3.59. The van der Waals surface area contributed by atoms with E-state index in [1.165, 1.54) is 24.8 Å². The van der Waals surface area contributed by atoms with Crippen LogP contribution in [-0.4, -0.2) is 10.8 Å². The highest BCUT2D eigenvalue weighted by atomic mass is 16.5. The molecule has 0 aliphatic carbocycles. The molecule has 0 bridgehead atoms. The number of carbonyl (C=O) groups is 1. The van der Waals surface area contributed by atoms with Crippen LogP contribution in [0.15, 0.2) is 42.6 Å². The Morgan fingerprint density at radius 1 is 1.05 bits per heavy atom. The van der Waals surface area contributed by atoms with E-state index in [1.807, 2.05) is 19.1 Å². The van der Waals surface area contributed by atoms with Crippen molar-refractivity contribution in [1.29, 1.82) is 0 Å². The number of nitrogens with zero attached hydrogens (tertiary/aromatic N) is 1. The number of ether oxygens (including phenoxy) is 1. The van der Waals surface area contributed by atoms with Gasteiger partial charge in [-0.3, -0.25) is 4.79 Å². The second-order valence-electron chi connectivity index (χ2n) is 5.36. The quantitative estimate of drug-likeness (QED) is 0.496. The molecule has 1 heterocycles. The van der Waals surface area contributed by atoms with Gasteiger partial charge in [-0.25, -0.2) is 4.98 Å². The number of pyridine rings is 1. The van der Waals surface area contributed by atoms with Gasteiger partial charge < -0.3 is 4.74 Å². The minimum Gasteiger partial charge on any atom is -0.439 e. The zero-order valence-corrected chi connectivity index (χ0v) is 13.3. The number of aryl methyl sites for hydroxylation is 1. The second kappa shape index (κ2) is 8.32. The number of Topliss-reactive ketones (excluding diaryl/α,β-unsaturated/α-hetero) is 1. The summed E-state index contributed by atoms with van der Waals surface area (Å²) in [4.78, 5) is 15.7. The Morgan fingerprint density at radius 3 is 2.41 bits per heavy atom. The number of benzene rings is 1. The molecule has 1 aromatic heterocycles. The van der Waals surface area contributed by atoms with E-state index in [9.17, 15) is 4.79 Å². The van der Waals surface area contributed by atoms with Crippen molar-refractivity contribution in [2.24, 2.45) is 0 Å². The Bertz CT molecular complexity index is 588. The maximum absolute atomic E-state index is 11.5. The van der Waals surface area contributed by atoms with Crippen molar-refractivity contribution in [1.82, 2.24) is 4.98 Å². The summed E-state index contributed by atoms with van der Waals surface area (Å²) in [7, 11) is 0. The highest BCUT2D eigenvalue weighted by Gasteiger charge is 2.04. The number of hydrogen-bond donors (Lipinski definition) is 0. The molecule has 22 heavy (non-hydrogen) atoms. The number of aromatic nitrogens is 1. The summed E-state index contributed by atoms with van der Waals surface area (Å²) in [5.41, 5.74) is 1.96. The van der Waals surface area contributed by atoms with Crippen molar-refractivity contribution in [3.05, 3.63) is 53.7 Å². The summed E-state index contributed by atoms with van der Waals surface area (Å²) in [6.45, 7) is 4.05. The van der Waals surface area contributed by atoms with E-state index in [2.05, 4.69) is 24.0 Å². The van der Waals surface area contributed by atoms with Crippen LogP contribution in [0, 0.1) is 0 Å². The summed E-state index contributed by atoms with van der Waals surface area (Å²) < 4.78 is 5.70. The van der Waals surface area contributed by atoms with E-state index in [0.29, 0.717) is 17.9 Å². The molecule has 0 radical (unpaired) electrons. The molecule has 0 aliphatic heterocycles. The van der Waals surface area contributed by atoms with Crippen LogP contribution in [0.25, 0.3) is 0 Å². The summed E-state index contributed by atoms with van der Waals surface area (Å²) in [6, 6.07) is 11.6. The third-order valence-electron chi connectivity index (χ3n) is 3.59. The van der Waals surface area contributed by atoms with Crippen molar-refractivity contribution in [3.8, 4) is 11.6 Å². The SMILES string of the molecule is CCCCCc1ccc(Oc2ccc(C(=O)CC)cn2)cc1. The lowest BCUT2D eigenvalue weighted by molar-refractivity contribution is 0.0988. The predicted molar refractivity (Wildman–Crippen MR) is 88.6 cm³/mol. The van der Waals surface area contributed by atoms with E-state index in [4.69, 9.17) is 4.74 Å². The average molecular weight is 297 g/mol. The van der Waals surface area contributed by atoms with Crippen molar-refractivity contribution in [2.75, 3.05) is 0 Å². The third kappa shape index (κ3) is 4.69. The normalized spacial score (nSPS) is 10.5. The molecule has 0 aliphatic rings. The van der Waals surface area contributed by atoms with Crippen LogP contribution in [0.2, 0.25) is 0 Å². The summed E-state index contributed by atoms with van der Waals surface area (Å²) in [5, 5.41) is 0. The first-order valence-electron chi connectivity index (χ1n) is 7.99. The minimum absolute atomic E-state index is 0.0930. The molecular weight excluding hydrogens is 274 g/mol. The smallest absolute Gasteiger partial charge is 0.219 e. The molecule has 0 unspecified atom stereocenters. The minimum atomic E-state index is 0.0930. The van der Waals surface area contributed by atoms with Gasteiger partial charge >= 0.3 is 0 Å². The maximum Gasteiger partial charge on any atom is 0.219 e. The fourth-order valence-corrected chi connectivity index (χ4v) is 2.23. The summed E-state index contributed by atoms with van der Waals surface area (Å²) in [5.74, 6) is 1.36. The highest BCUT2D eigenvalue weighted by Crippen LogP contribution is 2.21. The molecular formula is C19H23NO2. The zero-order valence-electron chi connectivity index (χ0n) is 13.3. The highest BCUT2D eigenvalue weighted by molar-refractivity contribution is 5.95. The maximum atomic E-state index is 11.5. The van der Waals surface area contributed by atoms with Crippen LogP contribution in [0.1, 0.15) is 55.5 Å². The van der Waals surface area contributed by atoms with Gasteiger partial charge in [0.1, 0.15) is 5.75 Å². The Morgan fingerprint density at radius 2 is 1.82 bits per heavy atom. The number of unbranched alkanes of at least 4 members (excludes halogenated alkanes) is 2. The second-order valence-corrected chi connectivity index (χ2v) is 5.36. The molecule has 0 amide bonds. The van der Waals surface area contributed by atoms with Crippen LogP contribution in [-0.2, 0) is 6.42 Å². The monoisotopic (exact) mass is 297 g/mol. The topological polar surface area (TPSA) is 39.2 Å². The van der Waals surface area contributed by atoms with Crippen molar-refractivity contribution >= 4 is 5.78 Å². The Hall–Kier alpha value is -2.16. The lowest BCUT2D eigenvalue weighted by atomic mass is 10.1. The van der Waals surface area contributed by atoms with Gasteiger partial charge in [0, 0.05) is 24.2 Å². The first-order chi connectivity index (χ1) is 10.7. The number of rotatable bonds is 8. The lowest BCUT2D eigenvalue weighted by Gasteiger charge is -2.06. The van der Waals surface area contributed by atoms with Crippen LogP contribution in [0.3, 0.4) is 0 Å². The molecule has 0 N–H and O–H groups in total. The summed E-state index contributed by atoms with van der Waals surface area (Å²) >= 11 is 0. The van der Waals surface area contributed by atoms with E-state index >= 15 is 0 Å². The Labute approximate surface area is 132 Å². The Balaban J connectivity index is 1.94. The average Bonchev–Trinajstić information content (AvgIpc) is 2.57. The zero-order chi connectivity index (χ0) is 15.8. The van der Waals surface area contributed by atoms with Gasteiger partial charge in [0.25, 0.3) is 0 Å². The molecule has 3 nitrogen and oxygen atoms in total. The summed E-state index contributed by atoms with van der Waals surface area (Å²) in [6.07, 6.45) is 6.90. The molecule has 1 aromatic carbocycles. The molecule has 2 aromatic rings. The molecule has 2 rings (SSSR count). The van der Waals surface area contributed by atoms with Crippen LogP contribution in [0.5, 0.6) is 11.6 Å². The molecule has 3 heteroatoms. The molecule has 116 valence electrons. The van der Waals surface area contributed by atoms with Crippen LogP contribution >= 0.6 is 0 Å². The van der Waals surface area contributed by atoms with Crippen molar-refractivity contribution < 1.29 is 9.53 Å². The first kappa shape index (κ1) is 16.2. The van der Waals surface area contributed by atoms with Gasteiger partial charge in [0.15, 0.2) is 5.78 Å². The van der Waals surface area contributed by atoms with Crippen LogP contribution < -0.4 is 4.74 Å². The molecule has 0 saturated carbocycles. The van der Waals surface area contributed by atoms with Gasteiger partial charge in [-0.05, 0) is 36.6 Å². The van der Waals surface area contributed by atoms with E-state index in [0.717, 1.165) is 12.2 Å². The van der Waals surface area contributed by atoms with Gasteiger partial charge in [-0.1, -0.05) is 38.8 Å². The number of hydrogen-bond acceptors (Lipinski definition) is 3. The van der Waals surface area contributed by atoms with E-state index in [-0.39, 0.29) is 5.78 Å². The van der Waals surface area contributed by atoms with Crippen molar-refractivity contribution in [3.63, 3.8) is 0 Å². The van der Waals surface area contributed by atoms with E-state index in [1.54, 1.807) is 18.3 Å².